The molecule has 0 radical (unpaired) electrons. The second kappa shape index (κ2) is 8.48. The van der Waals surface area contributed by atoms with Crippen LogP contribution in [0, 0.1) is 11.8 Å². The third-order valence-corrected chi connectivity index (χ3v) is 8.78. The number of hydrogen-bond acceptors (Lipinski definition) is 0. The van der Waals surface area contributed by atoms with Gasteiger partial charge in [-0.15, -0.1) is 0 Å². The average molecular weight is 342 g/mol. The zero-order valence-corrected chi connectivity index (χ0v) is 15.5. The molecule has 3 aromatic carbocycles. The summed E-state index contributed by atoms with van der Waals surface area (Å²) in [5.41, 5.74) is 0. The van der Waals surface area contributed by atoms with Gasteiger partial charge < -0.3 is 0 Å². The molecule has 0 bridgehead atoms. The zero-order chi connectivity index (χ0) is 17.4. The van der Waals surface area contributed by atoms with Crippen molar-refractivity contribution in [3.8, 4) is 11.8 Å². The Morgan fingerprint density at radius 1 is 0.680 bits per heavy atom. The van der Waals surface area contributed by atoms with Crippen LogP contribution in [0.2, 0.25) is 0 Å². The molecule has 0 spiro atoms. The van der Waals surface area contributed by atoms with Crippen molar-refractivity contribution in [1.82, 2.24) is 0 Å². The minimum atomic E-state index is -2.26. The second-order valence-corrected chi connectivity index (χ2v) is 9.60. The van der Waals surface area contributed by atoms with Gasteiger partial charge in [-0.05, 0) is 0 Å². The average Bonchev–Trinajstić information content (AvgIpc) is 2.70. The Hall–Kier alpha value is -2.61. The summed E-state index contributed by atoms with van der Waals surface area (Å²) >= 11 is 0. The molecule has 0 atom stereocenters. The van der Waals surface area contributed by atoms with E-state index in [-0.39, 0.29) is 0 Å². The van der Waals surface area contributed by atoms with E-state index < -0.39 is 7.26 Å². The van der Waals surface area contributed by atoms with Crippen LogP contribution in [0.1, 0.15) is 13.3 Å². The van der Waals surface area contributed by atoms with E-state index in [0.717, 1.165) is 6.42 Å². The van der Waals surface area contributed by atoms with Gasteiger partial charge in [0, 0.05) is 0 Å². The van der Waals surface area contributed by atoms with E-state index >= 15 is 0 Å². The monoisotopic (exact) mass is 342 g/mol. The zero-order valence-electron chi connectivity index (χ0n) is 14.5. The van der Waals surface area contributed by atoms with Gasteiger partial charge in [0.1, 0.15) is 0 Å². The third-order valence-electron chi connectivity index (χ3n) is 4.38. The minimum absolute atomic E-state index is 0.876. The summed E-state index contributed by atoms with van der Waals surface area (Å²) in [5, 5.41) is 4.13. The van der Waals surface area contributed by atoms with Crippen LogP contribution in [-0.2, 0) is 0 Å². The van der Waals surface area contributed by atoms with Crippen LogP contribution in [0.4, 0.5) is 0 Å². The quantitative estimate of drug-likeness (QED) is 0.479. The molecule has 0 aliphatic carbocycles. The molecule has 3 aromatic rings. The molecule has 0 aromatic heterocycles. The van der Waals surface area contributed by atoms with Crippen molar-refractivity contribution in [3.63, 3.8) is 0 Å². The predicted molar refractivity (Wildman–Crippen MR) is 114 cm³/mol. The Bertz CT molecular complexity index is 772. The summed E-state index contributed by atoms with van der Waals surface area (Å²) in [4.78, 5) is 0. The summed E-state index contributed by atoms with van der Waals surface area (Å²) in [6.07, 6.45) is 2.93. The first kappa shape index (κ1) is 17.2. The Balaban J connectivity index is 2.29. The fraction of sp³-hybridized carbons (Fsp3) is 0.0833. The molecule has 0 saturated heterocycles. The molecule has 25 heavy (non-hydrogen) atoms. The van der Waals surface area contributed by atoms with Crippen molar-refractivity contribution in [2.24, 2.45) is 0 Å². The van der Waals surface area contributed by atoms with E-state index in [1.807, 2.05) is 0 Å². The number of hydrogen-bond donors (Lipinski definition) is 0. The van der Waals surface area contributed by atoms with Gasteiger partial charge in [-0.3, -0.25) is 0 Å². The summed E-state index contributed by atoms with van der Waals surface area (Å²) in [6.45, 7) is 2.08. The fourth-order valence-electron chi connectivity index (χ4n) is 3.22. The summed E-state index contributed by atoms with van der Waals surface area (Å²) in [6, 6.07) is 32.6. The van der Waals surface area contributed by atoms with E-state index in [0.29, 0.717) is 0 Å². The van der Waals surface area contributed by atoms with Gasteiger partial charge in [0.2, 0.25) is 0 Å². The molecule has 124 valence electrons. The molecule has 0 N–H and O–H groups in total. The van der Waals surface area contributed by atoms with Gasteiger partial charge >= 0.3 is 151 Å². The van der Waals surface area contributed by atoms with Gasteiger partial charge in [0.05, 0.1) is 0 Å². The molecule has 0 nitrogen and oxygen atoms in total. The van der Waals surface area contributed by atoms with E-state index in [4.69, 9.17) is 0 Å². The number of allylic oxidation sites excluding steroid dienone is 1. The molecule has 0 saturated carbocycles. The first-order valence-electron chi connectivity index (χ1n) is 8.70. The van der Waals surface area contributed by atoms with Gasteiger partial charge in [-0.1, -0.05) is 0 Å². The first-order chi connectivity index (χ1) is 12.4. The van der Waals surface area contributed by atoms with Gasteiger partial charge in [-0.2, -0.15) is 0 Å². The van der Waals surface area contributed by atoms with E-state index in [2.05, 4.69) is 122 Å². The van der Waals surface area contributed by atoms with Crippen molar-refractivity contribution < 1.29 is 0 Å². The Kier molecular flexibility index (Phi) is 5.84. The van der Waals surface area contributed by atoms with E-state index in [1.165, 1.54) is 15.9 Å². The standard InChI is InChI=1S/C24H23P/c1-2-3-4-14-21-25(22-15-8-5-9-16-22,23-17-10-6-11-18-23)24-19-12-7-13-20-24/h5-21,25H,2H2,1H3. The number of benzene rings is 3. The van der Waals surface area contributed by atoms with Crippen LogP contribution in [0.15, 0.2) is 103 Å². The van der Waals surface area contributed by atoms with Crippen LogP contribution < -0.4 is 15.9 Å². The molecule has 1 heteroatoms. The first-order valence-corrected chi connectivity index (χ1v) is 10.8. The van der Waals surface area contributed by atoms with Crippen LogP contribution in [0.25, 0.3) is 0 Å². The fourth-order valence-corrected chi connectivity index (χ4v) is 7.28. The maximum absolute atomic E-state index is 3.20. The Morgan fingerprint density at radius 2 is 1.08 bits per heavy atom. The molecule has 0 aliphatic heterocycles. The predicted octanol–water partition coefficient (Wildman–Crippen LogP) is 4.64. The molecular formula is C24H23P. The van der Waals surface area contributed by atoms with Crippen LogP contribution in [0.5, 0.6) is 0 Å². The van der Waals surface area contributed by atoms with E-state index in [1.54, 1.807) is 0 Å². The number of rotatable bonds is 4. The van der Waals surface area contributed by atoms with Crippen LogP contribution in [-0.4, -0.2) is 0 Å². The van der Waals surface area contributed by atoms with E-state index in [9.17, 15) is 0 Å². The second-order valence-electron chi connectivity index (χ2n) is 5.91. The summed E-state index contributed by atoms with van der Waals surface area (Å²) in [5.74, 6) is 8.74. The van der Waals surface area contributed by atoms with Gasteiger partial charge in [0.15, 0.2) is 0 Å². The molecule has 0 aliphatic rings. The van der Waals surface area contributed by atoms with Gasteiger partial charge in [0.25, 0.3) is 0 Å². The van der Waals surface area contributed by atoms with Crippen molar-refractivity contribution in [2.75, 3.05) is 0 Å². The molecule has 0 unspecified atom stereocenters. The molecule has 3 rings (SSSR count). The van der Waals surface area contributed by atoms with Crippen molar-refractivity contribution in [2.45, 2.75) is 13.3 Å². The van der Waals surface area contributed by atoms with Crippen molar-refractivity contribution in [1.29, 1.82) is 0 Å². The third kappa shape index (κ3) is 3.74. The van der Waals surface area contributed by atoms with Crippen molar-refractivity contribution >= 4 is 23.2 Å². The van der Waals surface area contributed by atoms with Crippen LogP contribution >= 0.6 is 7.26 Å². The maximum atomic E-state index is 3.20. The molecule has 0 heterocycles. The summed E-state index contributed by atoms with van der Waals surface area (Å²) < 4.78 is 0. The molecular weight excluding hydrogens is 319 g/mol. The topological polar surface area (TPSA) is 0 Å². The normalized spacial score (nSPS) is 11.7. The Labute approximate surface area is 151 Å². The molecule has 0 amide bonds. The summed E-state index contributed by atoms with van der Waals surface area (Å²) in [7, 11) is -2.26. The van der Waals surface area contributed by atoms with Crippen LogP contribution in [0.3, 0.4) is 0 Å². The van der Waals surface area contributed by atoms with Gasteiger partial charge in [-0.25, -0.2) is 0 Å². The Morgan fingerprint density at radius 3 is 1.44 bits per heavy atom. The molecule has 0 fully saturated rings. The SMILES string of the molecule is CCC#CC=C[PH](c1ccccc1)(c1ccccc1)c1ccccc1. The van der Waals surface area contributed by atoms with Crippen molar-refractivity contribution in [3.05, 3.63) is 103 Å².